The maximum atomic E-state index is 5.95. The van der Waals surface area contributed by atoms with Crippen LogP contribution in [0.25, 0.3) is 0 Å². The van der Waals surface area contributed by atoms with Crippen LogP contribution >= 0.6 is 15.9 Å². The van der Waals surface area contributed by atoms with Gasteiger partial charge in [-0.15, -0.1) is 0 Å². The van der Waals surface area contributed by atoms with Crippen molar-refractivity contribution in [3.05, 3.63) is 57.6 Å². The molecule has 2 aromatic rings. The first kappa shape index (κ1) is 13.1. The second-order valence-corrected chi connectivity index (χ2v) is 5.23. The normalized spacial score (nSPS) is 10.4. The van der Waals surface area contributed by atoms with Crippen molar-refractivity contribution in [2.24, 2.45) is 5.73 Å². The summed E-state index contributed by atoms with van der Waals surface area (Å²) in [5.41, 5.74) is 8.94. The first-order valence-corrected chi connectivity index (χ1v) is 6.63. The zero-order chi connectivity index (χ0) is 13.1. The average molecular weight is 306 g/mol. The van der Waals surface area contributed by atoms with Gasteiger partial charge in [-0.1, -0.05) is 34.1 Å². The maximum Gasteiger partial charge on any atom is 0.131 e. The summed E-state index contributed by atoms with van der Waals surface area (Å²) in [6.45, 7) is 4.62. The predicted octanol–water partition coefficient (Wildman–Crippen LogP) is 4.32. The summed E-state index contributed by atoms with van der Waals surface area (Å²) < 4.78 is 6.96. The summed E-state index contributed by atoms with van der Waals surface area (Å²) in [5, 5.41) is 0. The zero-order valence-electron chi connectivity index (χ0n) is 10.5. The minimum absolute atomic E-state index is 0.553. The highest BCUT2D eigenvalue weighted by molar-refractivity contribution is 9.10. The molecular formula is C15H16BrNO. The number of nitrogens with two attached hydrogens (primary N) is 1. The average Bonchev–Trinajstić information content (AvgIpc) is 2.36. The molecule has 0 aromatic heterocycles. The Morgan fingerprint density at radius 3 is 2.44 bits per heavy atom. The molecule has 2 nitrogen and oxygen atoms in total. The Hall–Kier alpha value is -1.32. The summed E-state index contributed by atoms with van der Waals surface area (Å²) in [6, 6.07) is 12.0. The minimum Gasteiger partial charge on any atom is -0.457 e. The standard InChI is InChI=1S/C15H16BrNO/c1-10-3-5-13(16)8-15(10)18-14-6-4-12(9-17)7-11(14)2/h3-8H,9,17H2,1-2H3. The highest BCUT2D eigenvalue weighted by Gasteiger charge is 2.05. The van der Waals surface area contributed by atoms with E-state index in [1.165, 1.54) is 0 Å². The van der Waals surface area contributed by atoms with E-state index in [0.717, 1.165) is 32.7 Å². The van der Waals surface area contributed by atoms with Crippen molar-refractivity contribution in [2.45, 2.75) is 20.4 Å². The largest absolute Gasteiger partial charge is 0.457 e. The van der Waals surface area contributed by atoms with Crippen molar-refractivity contribution in [1.29, 1.82) is 0 Å². The molecule has 2 N–H and O–H groups in total. The molecule has 0 aliphatic rings. The van der Waals surface area contributed by atoms with E-state index >= 15 is 0 Å². The molecule has 0 saturated carbocycles. The fourth-order valence-corrected chi connectivity index (χ4v) is 2.10. The van der Waals surface area contributed by atoms with Crippen molar-refractivity contribution in [2.75, 3.05) is 0 Å². The third kappa shape index (κ3) is 2.92. The second-order valence-electron chi connectivity index (χ2n) is 4.32. The van der Waals surface area contributed by atoms with E-state index in [4.69, 9.17) is 10.5 Å². The molecule has 0 radical (unpaired) electrons. The van der Waals surface area contributed by atoms with Crippen LogP contribution in [0.2, 0.25) is 0 Å². The Morgan fingerprint density at radius 2 is 1.78 bits per heavy atom. The lowest BCUT2D eigenvalue weighted by molar-refractivity contribution is 0.474. The molecule has 0 bridgehead atoms. The van der Waals surface area contributed by atoms with Crippen LogP contribution in [-0.4, -0.2) is 0 Å². The van der Waals surface area contributed by atoms with Gasteiger partial charge < -0.3 is 10.5 Å². The number of rotatable bonds is 3. The molecule has 0 heterocycles. The lowest BCUT2D eigenvalue weighted by Crippen LogP contribution is -1.97. The summed E-state index contributed by atoms with van der Waals surface area (Å²) in [7, 11) is 0. The molecule has 0 atom stereocenters. The van der Waals surface area contributed by atoms with Crippen LogP contribution in [0.1, 0.15) is 16.7 Å². The third-order valence-corrected chi connectivity index (χ3v) is 3.34. The molecular weight excluding hydrogens is 290 g/mol. The Morgan fingerprint density at radius 1 is 1.00 bits per heavy atom. The number of hydrogen-bond acceptors (Lipinski definition) is 2. The number of benzene rings is 2. The number of halogens is 1. The molecule has 0 spiro atoms. The Balaban J connectivity index is 2.31. The summed E-state index contributed by atoms with van der Waals surface area (Å²) in [4.78, 5) is 0. The van der Waals surface area contributed by atoms with Crippen LogP contribution in [0.4, 0.5) is 0 Å². The molecule has 0 unspecified atom stereocenters. The van der Waals surface area contributed by atoms with Crippen LogP contribution in [-0.2, 0) is 6.54 Å². The van der Waals surface area contributed by atoms with Gasteiger partial charge in [-0.25, -0.2) is 0 Å². The van der Waals surface area contributed by atoms with Crippen molar-refractivity contribution < 1.29 is 4.74 Å². The maximum absolute atomic E-state index is 5.95. The van der Waals surface area contributed by atoms with Gasteiger partial charge in [-0.05, 0) is 48.7 Å². The third-order valence-electron chi connectivity index (χ3n) is 2.85. The Kier molecular flexibility index (Phi) is 4.04. The van der Waals surface area contributed by atoms with Gasteiger partial charge in [-0.2, -0.15) is 0 Å². The number of aryl methyl sites for hydroxylation is 2. The van der Waals surface area contributed by atoms with Crippen molar-refractivity contribution in [1.82, 2.24) is 0 Å². The molecule has 0 aliphatic heterocycles. The van der Waals surface area contributed by atoms with Crippen molar-refractivity contribution in [3.63, 3.8) is 0 Å². The van der Waals surface area contributed by atoms with Crippen LogP contribution in [0, 0.1) is 13.8 Å². The van der Waals surface area contributed by atoms with E-state index in [-0.39, 0.29) is 0 Å². The Bertz CT molecular complexity index is 566. The van der Waals surface area contributed by atoms with Crippen LogP contribution in [0.3, 0.4) is 0 Å². The van der Waals surface area contributed by atoms with E-state index < -0.39 is 0 Å². The summed E-state index contributed by atoms with van der Waals surface area (Å²) in [6.07, 6.45) is 0. The van der Waals surface area contributed by atoms with E-state index in [0.29, 0.717) is 6.54 Å². The number of ether oxygens (including phenoxy) is 1. The highest BCUT2D eigenvalue weighted by Crippen LogP contribution is 2.30. The minimum atomic E-state index is 0.553. The molecule has 0 fully saturated rings. The van der Waals surface area contributed by atoms with Gasteiger partial charge in [-0.3, -0.25) is 0 Å². The van der Waals surface area contributed by atoms with Gasteiger partial charge >= 0.3 is 0 Å². The topological polar surface area (TPSA) is 35.2 Å². The van der Waals surface area contributed by atoms with Crippen LogP contribution < -0.4 is 10.5 Å². The smallest absolute Gasteiger partial charge is 0.131 e. The van der Waals surface area contributed by atoms with Gasteiger partial charge in [0.25, 0.3) is 0 Å². The van der Waals surface area contributed by atoms with Crippen molar-refractivity contribution in [3.8, 4) is 11.5 Å². The molecule has 94 valence electrons. The molecule has 18 heavy (non-hydrogen) atoms. The summed E-state index contributed by atoms with van der Waals surface area (Å²) in [5.74, 6) is 1.74. The Labute approximate surface area is 116 Å². The fraction of sp³-hybridized carbons (Fsp3) is 0.200. The number of hydrogen-bond donors (Lipinski definition) is 1. The van der Waals surface area contributed by atoms with Crippen LogP contribution in [0.15, 0.2) is 40.9 Å². The predicted molar refractivity (Wildman–Crippen MR) is 78.0 cm³/mol. The molecule has 0 amide bonds. The molecule has 2 rings (SSSR count). The monoisotopic (exact) mass is 305 g/mol. The van der Waals surface area contributed by atoms with Gasteiger partial charge in [0, 0.05) is 11.0 Å². The second kappa shape index (κ2) is 5.55. The van der Waals surface area contributed by atoms with E-state index in [1.54, 1.807) is 0 Å². The van der Waals surface area contributed by atoms with Gasteiger partial charge in [0.1, 0.15) is 11.5 Å². The van der Waals surface area contributed by atoms with E-state index in [9.17, 15) is 0 Å². The fourth-order valence-electron chi connectivity index (χ4n) is 1.76. The van der Waals surface area contributed by atoms with E-state index in [2.05, 4.69) is 22.0 Å². The van der Waals surface area contributed by atoms with E-state index in [1.807, 2.05) is 44.2 Å². The van der Waals surface area contributed by atoms with Gasteiger partial charge in [0.15, 0.2) is 0 Å². The highest BCUT2D eigenvalue weighted by atomic mass is 79.9. The van der Waals surface area contributed by atoms with Crippen LogP contribution in [0.5, 0.6) is 11.5 Å². The lowest BCUT2D eigenvalue weighted by atomic mass is 10.1. The SMILES string of the molecule is Cc1cc(CN)ccc1Oc1cc(Br)ccc1C. The van der Waals surface area contributed by atoms with Gasteiger partial charge in [0.2, 0.25) is 0 Å². The summed E-state index contributed by atoms with van der Waals surface area (Å²) >= 11 is 3.45. The quantitative estimate of drug-likeness (QED) is 0.916. The van der Waals surface area contributed by atoms with Gasteiger partial charge in [0.05, 0.1) is 0 Å². The lowest BCUT2D eigenvalue weighted by Gasteiger charge is -2.12. The zero-order valence-corrected chi connectivity index (χ0v) is 12.1. The first-order valence-electron chi connectivity index (χ1n) is 5.84. The first-order chi connectivity index (χ1) is 8.60. The van der Waals surface area contributed by atoms with Crippen molar-refractivity contribution >= 4 is 15.9 Å². The molecule has 2 aromatic carbocycles. The molecule has 0 saturated heterocycles. The molecule has 0 aliphatic carbocycles. The molecule has 3 heteroatoms.